The maximum atomic E-state index is 6.54. The van der Waals surface area contributed by atoms with E-state index in [1.807, 2.05) is 36.4 Å². The number of rotatable bonds is 5. The Hall–Kier alpha value is -3.24. The Bertz CT molecular complexity index is 1280. The molecule has 0 radical (unpaired) electrons. The van der Waals surface area contributed by atoms with Crippen LogP contribution in [-0.4, -0.2) is 18.0 Å². The lowest BCUT2D eigenvalue weighted by Gasteiger charge is -2.35. The molecule has 0 atom stereocenters. The molecule has 0 spiro atoms. The number of fused-ring (bicyclic) bond motifs is 3. The van der Waals surface area contributed by atoms with Crippen LogP contribution in [0.1, 0.15) is 19.4 Å². The quantitative estimate of drug-likeness (QED) is 0.589. The number of ether oxygens (including phenoxy) is 1. The number of nitrogens with zero attached hydrogens (tertiary/aromatic N) is 3. The summed E-state index contributed by atoms with van der Waals surface area (Å²) in [4.78, 5) is 9.70. The zero-order valence-electron chi connectivity index (χ0n) is 17.7. The Kier molecular flexibility index (Phi) is 5.16. The van der Waals surface area contributed by atoms with Crippen LogP contribution in [0.5, 0.6) is 5.75 Å². The minimum absolute atomic E-state index is 0.672. The molecule has 5 heteroatoms. The largest absolute Gasteiger partial charge is 0.452 e. The fourth-order valence-electron chi connectivity index (χ4n) is 4.23. The molecule has 3 aromatic rings. The number of halogens is 1. The number of anilines is 1. The second-order valence-corrected chi connectivity index (χ2v) is 8.02. The van der Waals surface area contributed by atoms with E-state index >= 15 is 0 Å². The molecule has 0 N–H and O–H groups in total. The molecule has 2 aliphatic rings. The average Bonchev–Trinajstić information content (AvgIpc) is 3.07. The summed E-state index contributed by atoms with van der Waals surface area (Å²) in [6.45, 7) is 6.80. The molecule has 31 heavy (non-hydrogen) atoms. The van der Waals surface area contributed by atoms with E-state index in [0.29, 0.717) is 5.02 Å². The number of hydrogen-bond donors (Lipinski definition) is 0. The molecule has 2 aliphatic heterocycles. The first-order valence-electron chi connectivity index (χ1n) is 10.7. The highest BCUT2D eigenvalue weighted by molar-refractivity contribution is 6.30. The summed E-state index contributed by atoms with van der Waals surface area (Å²) in [5, 5.41) is 2.49. The number of para-hydroxylation sites is 2. The second-order valence-electron chi connectivity index (χ2n) is 7.59. The third-order valence-corrected chi connectivity index (χ3v) is 5.97. The van der Waals surface area contributed by atoms with Gasteiger partial charge in [0.25, 0.3) is 0 Å². The van der Waals surface area contributed by atoms with Crippen molar-refractivity contribution < 1.29 is 4.74 Å². The Morgan fingerprint density at radius 1 is 0.935 bits per heavy atom. The highest BCUT2D eigenvalue weighted by atomic mass is 35.5. The summed E-state index contributed by atoms with van der Waals surface area (Å²) in [5.41, 5.74) is 3.12. The molecular weight excluding hydrogens is 406 g/mol. The first kappa shape index (κ1) is 19.7. The summed E-state index contributed by atoms with van der Waals surface area (Å²) in [5.74, 6) is 2.67. The lowest BCUT2D eigenvalue weighted by molar-refractivity contribution is 0.365. The van der Waals surface area contributed by atoms with Crippen LogP contribution in [0.15, 0.2) is 89.3 Å². The zero-order valence-corrected chi connectivity index (χ0v) is 18.4. The van der Waals surface area contributed by atoms with Crippen LogP contribution >= 0.6 is 11.6 Å². The first-order valence-corrected chi connectivity index (χ1v) is 11.0. The van der Waals surface area contributed by atoms with Gasteiger partial charge in [0.1, 0.15) is 11.5 Å². The zero-order chi connectivity index (χ0) is 21.4. The third-order valence-electron chi connectivity index (χ3n) is 5.73. The Morgan fingerprint density at radius 2 is 1.68 bits per heavy atom. The van der Waals surface area contributed by atoms with Crippen molar-refractivity contribution in [2.75, 3.05) is 18.0 Å². The van der Waals surface area contributed by atoms with Crippen molar-refractivity contribution in [1.29, 1.82) is 0 Å². The molecule has 2 heterocycles. The topological polar surface area (TPSA) is 28.1 Å². The van der Waals surface area contributed by atoms with Crippen LogP contribution in [0.4, 0.5) is 5.69 Å². The van der Waals surface area contributed by atoms with E-state index in [0.717, 1.165) is 58.9 Å². The van der Waals surface area contributed by atoms with Crippen molar-refractivity contribution in [2.45, 2.75) is 20.4 Å². The lowest BCUT2D eigenvalue weighted by Crippen LogP contribution is -2.36. The predicted octanol–water partition coefficient (Wildman–Crippen LogP) is 4.69. The summed E-state index contributed by atoms with van der Waals surface area (Å²) in [7, 11) is 0. The van der Waals surface area contributed by atoms with E-state index in [4.69, 9.17) is 21.3 Å². The smallest absolute Gasteiger partial charge is 0.166 e. The normalized spacial score (nSPS) is 14.3. The average molecular weight is 430 g/mol. The van der Waals surface area contributed by atoms with E-state index in [2.05, 4.69) is 60.0 Å². The predicted molar refractivity (Wildman–Crippen MR) is 125 cm³/mol. The molecule has 0 saturated heterocycles. The van der Waals surface area contributed by atoms with Gasteiger partial charge in [0.05, 0.1) is 11.0 Å². The second kappa shape index (κ2) is 8.12. The van der Waals surface area contributed by atoms with Gasteiger partial charge in [-0.05, 0) is 49.7 Å². The lowest BCUT2D eigenvalue weighted by atomic mass is 10.1. The van der Waals surface area contributed by atoms with E-state index < -0.39 is 0 Å². The van der Waals surface area contributed by atoms with Gasteiger partial charge in [0.15, 0.2) is 11.5 Å². The maximum absolute atomic E-state index is 6.54. The molecule has 0 aromatic heterocycles. The molecule has 3 aromatic carbocycles. The van der Waals surface area contributed by atoms with Crippen molar-refractivity contribution in [3.8, 4) is 5.75 Å². The minimum Gasteiger partial charge on any atom is -0.452 e. The van der Waals surface area contributed by atoms with Crippen LogP contribution < -0.4 is 20.2 Å². The van der Waals surface area contributed by atoms with Crippen LogP contribution in [0.3, 0.4) is 0 Å². The summed E-state index contributed by atoms with van der Waals surface area (Å²) in [6, 6.07) is 24.5. The van der Waals surface area contributed by atoms with Gasteiger partial charge in [0, 0.05) is 29.9 Å². The number of benzene rings is 3. The molecule has 0 amide bonds. The first-order chi connectivity index (χ1) is 15.2. The molecule has 0 bridgehead atoms. The van der Waals surface area contributed by atoms with Crippen molar-refractivity contribution >= 4 is 23.0 Å². The fourth-order valence-corrected chi connectivity index (χ4v) is 4.40. The third kappa shape index (κ3) is 3.47. The van der Waals surface area contributed by atoms with Crippen LogP contribution in [0.25, 0.3) is 5.76 Å². The van der Waals surface area contributed by atoms with Gasteiger partial charge >= 0.3 is 0 Å². The Labute approximate surface area is 187 Å². The molecule has 0 aliphatic carbocycles. The Balaban J connectivity index is 1.81. The fraction of sp³-hybridized carbons (Fsp3) is 0.192. The highest BCUT2D eigenvalue weighted by Crippen LogP contribution is 2.41. The van der Waals surface area contributed by atoms with Crippen LogP contribution in [-0.2, 0) is 6.54 Å². The van der Waals surface area contributed by atoms with E-state index in [-0.39, 0.29) is 0 Å². The van der Waals surface area contributed by atoms with E-state index in [1.165, 1.54) is 5.56 Å². The molecule has 0 fully saturated rings. The van der Waals surface area contributed by atoms with Crippen LogP contribution in [0.2, 0.25) is 5.02 Å². The standard InChI is InChI=1S/C26H24ClN3O/c1-3-29(4-2)26-24-25(20-15-14-19(27)16-21(20)28-24)31-23-13-9-8-12-22(23)30(26)17-18-10-6-5-7-11-18/h5-16H,3-4,17H2,1-2H3. The molecule has 0 unspecified atom stereocenters. The van der Waals surface area contributed by atoms with E-state index in [1.54, 1.807) is 0 Å². The maximum Gasteiger partial charge on any atom is 0.166 e. The summed E-state index contributed by atoms with van der Waals surface area (Å²) in [6.07, 6.45) is 0. The molecule has 4 nitrogen and oxygen atoms in total. The van der Waals surface area contributed by atoms with Crippen molar-refractivity contribution in [3.63, 3.8) is 0 Å². The van der Waals surface area contributed by atoms with Gasteiger partial charge in [-0.15, -0.1) is 0 Å². The molecule has 156 valence electrons. The van der Waals surface area contributed by atoms with Gasteiger partial charge < -0.3 is 14.5 Å². The molecular formula is C26H24ClN3O. The van der Waals surface area contributed by atoms with Gasteiger partial charge in [-0.2, -0.15) is 0 Å². The van der Waals surface area contributed by atoms with Crippen LogP contribution in [0, 0.1) is 0 Å². The molecule has 0 saturated carbocycles. The minimum atomic E-state index is 0.672. The Morgan fingerprint density at radius 3 is 2.45 bits per heavy atom. The molecule has 5 rings (SSSR count). The van der Waals surface area contributed by atoms with E-state index in [9.17, 15) is 0 Å². The highest BCUT2D eigenvalue weighted by Gasteiger charge is 2.32. The van der Waals surface area contributed by atoms with Crippen molar-refractivity contribution in [1.82, 2.24) is 4.90 Å². The van der Waals surface area contributed by atoms with Gasteiger partial charge in [-0.1, -0.05) is 54.1 Å². The summed E-state index contributed by atoms with van der Waals surface area (Å²) < 4.78 is 6.54. The van der Waals surface area contributed by atoms with Gasteiger partial charge in [-0.3, -0.25) is 0 Å². The van der Waals surface area contributed by atoms with Gasteiger partial charge in [-0.25, -0.2) is 4.99 Å². The van der Waals surface area contributed by atoms with Gasteiger partial charge in [0.2, 0.25) is 0 Å². The SMILES string of the molecule is CCN(CC)C1=C2N=c3cc(Cl)ccc3=C2Oc2ccccc2N1Cc1ccccc1. The summed E-state index contributed by atoms with van der Waals surface area (Å²) >= 11 is 6.28. The number of hydrogen-bond acceptors (Lipinski definition) is 4. The van der Waals surface area contributed by atoms with Crippen molar-refractivity contribution in [2.24, 2.45) is 4.99 Å². The monoisotopic (exact) mass is 429 g/mol. The van der Waals surface area contributed by atoms with Crippen molar-refractivity contribution in [3.05, 3.63) is 105 Å².